The van der Waals surface area contributed by atoms with E-state index in [0.717, 1.165) is 5.69 Å². The molecule has 52 valence electrons. The van der Waals surface area contributed by atoms with E-state index < -0.39 is 0 Å². The lowest BCUT2D eigenvalue weighted by Gasteiger charge is -1.78. The van der Waals surface area contributed by atoms with Crippen molar-refractivity contribution in [2.24, 2.45) is 0 Å². The van der Waals surface area contributed by atoms with Gasteiger partial charge < -0.3 is 15.0 Å². The highest BCUT2D eigenvalue weighted by Crippen LogP contribution is 1.97. The SMILES string of the molecule is Cc1coc(CO)n1.O. The molecule has 4 heteroatoms. The predicted octanol–water partition coefficient (Wildman–Crippen LogP) is -0.349. The highest BCUT2D eigenvalue weighted by molar-refractivity contribution is 4.90. The second kappa shape index (κ2) is 3.21. The summed E-state index contributed by atoms with van der Waals surface area (Å²) in [7, 11) is 0. The molecule has 1 aromatic rings. The van der Waals surface area contributed by atoms with Crippen molar-refractivity contribution in [3.8, 4) is 0 Å². The van der Waals surface area contributed by atoms with Crippen LogP contribution in [-0.2, 0) is 6.61 Å². The fraction of sp³-hybridized carbons (Fsp3) is 0.400. The molecular weight excluding hydrogens is 122 g/mol. The van der Waals surface area contributed by atoms with Gasteiger partial charge >= 0.3 is 0 Å². The lowest BCUT2D eigenvalue weighted by Crippen LogP contribution is -1.80. The monoisotopic (exact) mass is 131 g/mol. The summed E-state index contributed by atoms with van der Waals surface area (Å²) in [6.45, 7) is 1.69. The van der Waals surface area contributed by atoms with E-state index in [1.807, 2.05) is 6.92 Å². The van der Waals surface area contributed by atoms with Gasteiger partial charge in [-0.15, -0.1) is 0 Å². The van der Waals surface area contributed by atoms with Crippen LogP contribution < -0.4 is 0 Å². The Balaban J connectivity index is 0.000000640. The lowest BCUT2D eigenvalue weighted by atomic mass is 10.6. The topological polar surface area (TPSA) is 77.8 Å². The first-order chi connectivity index (χ1) is 3.83. The van der Waals surface area contributed by atoms with Crippen molar-refractivity contribution in [1.82, 2.24) is 4.98 Å². The van der Waals surface area contributed by atoms with Crippen molar-refractivity contribution >= 4 is 0 Å². The largest absolute Gasteiger partial charge is 0.446 e. The molecule has 0 saturated carbocycles. The smallest absolute Gasteiger partial charge is 0.219 e. The Labute approximate surface area is 52.5 Å². The number of hydrogen-bond donors (Lipinski definition) is 1. The fourth-order valence-electron chi connectivity index (χ4n) is 0.475. The number of aryl methyl sites for hydroxylation is 1. The van der Waals surface area contributed by atoms with Gasteiger partial charge in [-0.25, -0.2) is 4.98 Å². The van der Waals surface area contributed by atoms with E-state index in [2.05, 4.69) is 4.98 Å². The first-order valence-corrected chi connectivity index (χ1v) is 2.35. The van der Waals surface area contributed by atoms with Gasteiger partial charge in [0.2, 0.25) is 5.89 Å². The van der Waals surface area contributed by atoms with Gasteiger partial charge in [0.1, 0.15) is 12.9 Å². The maximum absolute atomic E-state index is 8.39. The predicted molar refractivity (Wildman–Crippen MR) is 30.8 cm³/mol. The molecule has 0 aromatic carbocycles. The number of aromatic nitrogens is 1. The molecule has 0 aliphatic rings. The molecule has 0 amide bonds. The van der Waals surface area contributed by atoms with Crippen molar-refractivity contribution in [1.29, 1.82) is 0 Å². The normalized spacial score (nSPS) is 8.67. The molecule has 3 N–H and O–H groups in total. The molecule has 0 radical (unpaired) electrons. The molecule has 0 aliphatic heterocycles. The Bertz CT molecular complexity index is 172. The second-order valence-corrected chi connectivity index (χ2v) is 1.54. The Morgan fingerprint density at radius 1 is 1.78 bits per heavy atom. The Hall–Kier alpha value is -0.870. The van der Waals surface area contributed by atoms with Gasteiger partial charge in [-0.3, -0.25) is 0 Å². The third-order valence-corrected chi connectivity index (χ3v) is 0.802. The van der Waals surface area contributed by atoms with E-state index in [9.17, 15) is 0 Å². The molecule has 0 atom stereocenters. The Kier molecular flexibility index (Phi) is 2.90. The average Bonchev–Trinajstić information content (AvgIpc) is 2.14. The number of nitrogens with zero attached hydrogens (tertiary/aromatic N) is 1. The first-order valence-electron chi connectivity index (χ1n) is 2.35. The Morgan fingerprint density at radius 2 is 2.44 bits per heavy atom. The van der Waals surface area contributed by atoms with Crippen LogP contribution in [0.15, 0.2) is 10.7 Å². The third kappa shape index (κ3) is 1.83. The molecule has 4 nitrogen and oxygen atoms in total. The van der Waals surface area contributed by atoms with Crippen molar-refractivity contribution in [2.75, 3.05) is 0 Å². The van der Waals surface area contributed by atoms with Gasteiger partial charge in [-0.2, -0.15) is 0 Å². The molecular formula is C5H9NO3. The summed E-state index contributed by atoms with van der Waals surface area (Å²) in [4.78, 5) is 3.81. The summed E-state index contributed by atoms with van der Waals surface area (Å²) in [5.74, 6) is 0.377. The second-order valence-electron chi connectivity index (χ2n) is 1.54. The van der Waals surface area contributed by atoms with Crippen LogP contribution in [-0.4, -0.2) is 15.6 Å². The van der Waals surface area contributed by atoms with E-state index in [4.69, 9.17) is 9.52 Å². The summed E-state index contributed by atoms with van der Waals surface area (Å²) in [6.07, 6.45) is 1.51. The maximum atomic E-state index is 8.39. The highest BCUT2D eigenvalue weighted by atomic mass is 16.4. The number of rotatable bonds is 1. The van der Waals surface area contributed by atoms with Gasteiger partial charge in [0, 0.05) is 0 Å². The molecule has 0 fully saturated rings. The van der Waals surface area contributed by atoms with Gasteiger partial charge in [-0.1, -0.05) is 0 Å². The van der Waals surface area contributed by atoms with E-state index in [0.29, 0.717) is 5.89 Å². The zero-order valence-corrected chi connectivity index (χ0v) is 5.09. The Morgan fingerprint density at radius 3 is 2.67 bits per heavy atom. The summed E-state index contributed by atoms with van der Waals surface area (Å²) in [5, 5.41) is 8.39. The fourth-order valence-corrected chi connectivity index (χ4v) is 0.475. The van der Waals surface area contributed by atoms with Crippen LogP contribution in [0.2, 0.25) is 0 Å². The van der Waals surface area contributed by atoms with Crippen LogP contribution in [0.3, 0.4) is 0 Å². The lowest BCUT2D eigenvalue weighted by molar-refractivity contribution is 0.240. The van der Waals surface area contributed by atoms with Crippen molar-refractivity contribution in [3.63, 3.8) is 0 Å². The molecule has 0 bridgehead atoms. The molecule has 0 saturated heterocycles. The van der Waals surface area contributed by atoms with Crippen molar-refractivity contribution in [2.45, 2.75) is 13.5 Å². The standard InChI is InChI=1S/C5H7NO2.H2O/c1-4-3-8-5(2-7)6-4;/h3,7H,2H2,1H3;1H2. The summed E-state index contributed by atoms with van der Waals surface area (Å²) >= 11 is 0. The van der Waals surface area contributed by atoms with Crippen LogP contribution in [0.5, 0.6) is 0 Å². The molecule has 1 aromatic heterocycles. The van der Waals surface area contributed by atoms with E-state index in [1.165, 1.54) is 6.26 Å². The van der Waals surface area contributed by atoms with Crippen molar-refractivity contribution in [3.05, 3.63) is 17.8 Å². The van der Waals surface area contributed by atoms with Crippen molar-refractivity contribution < 1.29 is 15.0 Å². The summed E-state index contributed by atoms with van der Waals surface area (Å²) < 4.78 is 4.75. The molecule has 0 spiro atoms. The van der Waals surface area contributed by atoms with Crippen LogP contribution >= 0.6 is 0 Å². The van der Waals surface area contributed by atoms with Crippen LogP contribution in [0, 0.1) is 6.92 Å². The molecule has 9 heavy (non-hydrogen) atoms. The number of hydrogen-bond acceptors (Lipinski definition) is 3. The minimum Gasteiger partial charge on any atom is -0.446 e. The zero-order valence-electron chi connectivity index (χ0n) is 5.09. The van der Waals surface area contributed by atoms with E-state index >= 15 is 0 Å². The molecule has 1 rings (SSSR count). The first kappa shape index (κ1) is 8.13. The molecule has 0 unspecified atom stereocenters. The van der Waals surface area contributed by atoms with E-state index in [1.54, 1.807) is 0 Å². The third-order valence-electron chi connectivity index (χ3n) is 0.802. The summed E-state index contributed by atoms with van der Waals surface area (Å²) in [6, 6.07) is 0. The van der Waals surface area contributed by atoms with Crippen LogP contribution in [0.4, 0.5) is 0 Å². The molecule has 0 aliphatic carbocycles. The average molecular weight is 131 g/mol. The van der Waals surface area contributed by atoms with Gasteiger partial charge in [0.15, 0.2) is 0 Å². The number of aliphatic hydroxyl groups is 1. The maximum Gasteiger partial charge on any atom is 0.219 e. The van der Waals surface area contributed by atoms with E-state index in [-0.39, 0.29) is 12.1 Å². The van der Waals surface area contributed by atoms with Gasteiger partial charge in [0.25, 0.3) is 0 Å². The van der Waals surface area contributed by atoms with Gasteiger partial charge in [-0.05, 0) is 6.92 Å². The van der Waals surface area contributed by atoms with Gasteiger partial charge in [0.05, 0.1) is 5.69 Å². The minimum atomic E-state index is -0.117. The van der Waals surface area contributed by atoms with Crippen LogP contribution in [0.1, 0.15) is 11.6 Å². The quantitative estimate of drug-likeness (QED) is 0.565. The number of aliphatic hydroxyl groups excluding tert-OH is 1. The summed E-state index contributed by atoms with van der Waals surface area (Å²) in [5.41, 5.74) is 0.800. The zero-order chi connectivity index (χ0) is 5.98. The van der Waals surface area contributed by atoms with Crippen LogP contribution in [0.25, 0.3) is 0 Å². The highest BCUT2D eigenvalue weighted by Gasteiger charge is 1.94. The molecule has 1 heterocycles. The number of oxazole rings is 1. The minimum absolute atomic E-state index is 0.